The molecule has 0 radical (unpaired) electrons. The Kier molecular flexibility index (Phi) is 4.66. The summed E-state index contributed by atoms with van der Waals surface area (Å²) in [5, 5.41) is 12.0. The number of nitrogens with zero attached hydrogens (tertiary/aromatic N) is 2. The molecule has 0 aliphatic heterocycles. The molecule has 1 N–H and O–H groups in total. The molecule has 0 saturated heterocycles. The molecule has 0 unspecified atom stereocenters. The molecule has 0 saturated carbocycles. The van der Waals surface area contributed by atoms with Gasteiger partial charge in [-0.05, 0) is 5.56 Å². The van der Waals surface area contributed by atoms with Crippen molar-refractivity contribution in [1.29, 1.82) is 0 Å². The van der Waals surface area contributed by atoms with Crippen molar-refractivity contribution in [2.45, 2.75) is 12.8 Å². The lowest BCUT2D eigenvalue weighted by Crippen LogP contribution is -2.11. The number of aromatic nitrogens is 2. The van der Waals surface area contributed by atoms with Gasteiger partial charge in [0.15, 0.2) is 0 Å². The van der Waals surface area contributed by atoms with Crippen molar-refractivity contribution in [2.24, 2.45) is 0 Å². The van der Waals surface area contributed by atoms with Gasteiger partial charge in [0, 0.05) is 18.7 Å². The summed E-state index contributed by atoms with van der Waals surface area (Å²) >= 11 is 6.87. The standard InChI is InChI=1S/C12H12ClN3OS/c13-7-6-10(17)14-12-16-15-11(18-12)8-9-4-2-1-3-5-9/h1-5H,6-8H2,(H,14,16,17). The zero-order valence-corrected chi connectivity index (χ0v) is 11.2. The Morgan fingerprint density at radius 3 is 2.78 bits per heavy atom. The molecule has 1 aromatic heterocycles. The monoisotopic (exact) mass is 281 g/mol. The van der Waals surface area contributed by atoms with Gasteiger partial charge in [-0.1, -0.05) is 41.7 Å². The molecule has 0 aliphatic carbocycles. The first-order chi connectivity index (χ1) is 8.78. The minimum absolute atomic E-state index is 0.132. The Hall–Kier alpha value is -1.46. The van der Waals surface area contributed by atoms with Gasteiger partial charge in [0.25, 0.3) is 0 Å². The summed E-state index contributed by atoms with van der Waals surface area (Å²) in [6.45, 7) is 0. The minimum atomic E-state index is -0.132. The predicted molar refractivity (Wildman–Crippen MR) is 73.1 cm³/mol. The number of benzene rings is 1. The number of carbonyl (C=O) groups excluding carboxylic acids is 1. The smallest absolute Gasteiger partial charge is 0.227 e. The van der Waals surface area contributed by atoms with Crippen molar-refractivity contribution in [3.8, 4) is 0 Å². The van der Waals surface area contributed by atoms with E-state index in [9.17, 15) is 4.79 Å². The van der Waals surface area contributed by atoms with Gasteiger partial charge in [-0.15, -0.1) is 21.8 Å². The van der Waals surface area contributed by atoms with Crippen molar-refractivity contribution in [2.75, 3.05) is 11.2 Å². The first-order valence-electron chi connectivity index (χ1n) is 5.50. The first-order valence-corrected chi connectivity index (χ1v) is 6.85. The molecule has 1 aromatic carbocycles. The maximum absolute atomic E-state index is 11.3. The number of hydrogen-bond donors (Lipinski definition) is 1. The number of anilines is 1. The molecule has 2 aromatic rings. The van der Waals surface area contributed by atoms with Crippen LogP contribution in [0.5, 0.6) is 0 Å². The average Bonchev–Trinajstić information content (AvgIpc) is 2.78. The third-order valence-electron chi connectivity index (χ3n) is 2.23. The van der Waals surface area contributed by atoms with Crippen LogP contribution in [0.15, 0.2) is 30.3 Å². The second-order valence-corrected chi connectivity index (χ2v) is 5.09. The molecule has 0 aliphatic rings. The van der Waals surface area contributed by atoms with E-state index in [1.165, 1.54) is 16.9 Å². The molecular formula is C12H12ClN3OS. The lowest BCUT2D eigenvalue weighted by molar-refractivity contribution is -0.115. The van der Waals surface area contributed by atoms with Gasteiger partial charge in [-0.3, -0.25) is 4.79 Å². The van der Waals surface area contributed by atoms with Crippen LogP contribution in [-0.2, 0) is 11.2 Å². The van der Waals surface area contributed by atoms with Gasteiger partial charge in [0.05, 0.1) is 0 Å². The van der Waals surface area contributed by atoms with Crippen LogP contribution in [0, 0.1) is 0 Å². The molecule has 4 nitrogen and oxygen atoms in total. The lowest BCUT2D eigenvalue weighted by atomic mass is 10.2. The highest BCUT2D eigenvalue weighted by molar-refractivity contribution is 7.15. The molecule has 2 rings (SSSR count). The summed E-state index contributed by atoms with van der Waals surface area (Å²) in [6, 6.07) is 10.0. The Morgan fingerprint density at radius 1 is 1.28 bits per heavy atom. The fraction of sp³-hybridized carbons (Fsp3) is 0.250. The van der Waals surface area contributed by atoms with E-state index in [2.05, 4.69) is 15.5 Å². The van der Waals surface area contributed by atoms with E-state index in [-0.39, 0.29) is 12.3 Å². The highest BCUT2D eigenvalue weighted by atomic mass is 35.5. The Bertz CT molecular complexity index is 515. The Morgan fingerprint density at radius 2 is 2.06 bits per heavy atom. The number of nitrogens with one attached hydrogen (secondary N) is 1. The van der Waals surface area contributed by atoms with E-state index >= 15 is 0 Å². The maximum Gasteiger partial charge on any atom is 0.227 e. The van der Waals surface area contributed by atoms with E-state index < -0.39 is 0 Å². The van der Waals surface area contributed by atoms with E-state index in [1.54, 1.807) is 0 Å². The molecule has 6 heteroatoms. The topological polar surface area (TPSA) is 54.9 Å². The van der Waals surface area contributed by atoms with Crippen molar-refractivity contribution in [3.05, 3.63) is 40.9 Å². The molecule has 94 valence electrons. The second-order valence-electron chi connectivity index (χ2n) is 3.65. The third-order valence-corrected chi connectivity index (χ3v) is 3.26. The summed E-state index contributed by atoms with van der Waals surface area (Å²) in [5.41, 5.74) is 1.17. The van der Waals surface area contributed by atoms with Crippen LogP contribution in [0.2, 0.25) is 0 Å². The van der Waals surface area contributed by atoms with Crippen molar-refractivity contribution >= 4 is 34.0 Å². The summed E-state index contributed by atoms with van der Waals surface area (Å²) in [6.07, 6.45) is 1.01. The SMILES string of the molecule is O=C(CCCl)Nc1nnc(Cc2ccccc2)s1. The largest absolute Gasteiger partial charge is 0.300 e. The van der Waals surface area contributed by atoms with Crippen LogP contribution < -0.4 is 5.32 Å². The number of alkyl halides is 1. The zero-order chi connectivity index (χ0) is 12.8. The summed E-state index contributed by atoms with van der Waals surface area (Å²) in [4.78, 5) is 11.3. The van der Waals surface area contributed by atoms with Crippen LogP contribution >= 0.6 is 22.9 Å². The fourth-order valence-corrected chi connectivity index (χ4v) is 2.38. The molecule has 1 heterocycles. The van der Waals surface area contributed by atoms with E-state index in [1.807, 2.05) is 30.3 Å². The fourth-order valence-electron chi connectivity index (χ4n) is 1.41. The number of carbonyl (C=O) groups is 1. The number of amides is 1. The third kappa shape index (κ3) is 3.78. The van der Waals surface area contributed by atoms with E-state index in [0.717, 1.165) is 11.4 Å². The molecular weight excluding hydrogens is 270 g/mol. The Balaban J connectivity index is 1.96. The van der Waals surface area contributed by atoms with Gasteiger partial charge < -0.3 is 5.32 Å². The van der Waals surface area contributed by atoms with Crippen LogP contribution in [0.1, 0.15) is 17.0 Å². The highest BCUT2D eigenvalue weighted by Crippen LogP contribution is 2.18. The van der Waals surface area contributed by atoms with Gasteiger partial charge in [0.2, 0.25) is 11.0 Å². The predicted octanol–water partition coefficient (Wildman–Crippen LogP) is 2.70. The van der Waals surface area contributed by atoms with Crippen LogP contribution in [0.3, 0.4) is 0 Å². The zero-order valence-electron chi connectivity index (χ0n) is 9.60. The molecule has 0 atom stereocenters. The maximum atomic E-state index is 11.3. The van der Waals surface area contributed by atoms with E-state index in [4.69, 9.17) is 11.6 Å². The number of rotatable bonds is 5. The Labute approximate surface area is 114 Å². The van der Waals surface area contributed by atoms with Crippen molar-refractivity contribution in [3.63, 3.8) is 0 Å². The second kappa shape index (κ2) is 6.47. The minimum Gasteiger partial charge on any atom is -0.300 e. The molecule has 0 bridgehead atoms. The van der Waals surface area contributed by atoms with Crippen molar-refractivity contribution in [1.82, 2.24) is 10.2 Å². The molecule has 18 heavy (non-hydrogen) atoms. The number of halogens is 1. The molecule has 0 fully saturated rings. The highest BCUT2D eigenvalue weighted by Gasteiger charge is 2.08. The van der Waals surface area contributed by atoms with E-state index in [0.29, 0.717) is 11.0 Å². The summed E-state index contributed by atoms with van der Waals surface area (Å²) in [7, 11) is 0. The van der Waals surface area contributed by atoms with Crippen LogP contribution in [0.25, 0.3) is 0 Å². The van der Waals surface area contributed by atoms with Crippen LogP contribution in [0.4, 0.5) is 5.13 Å². The van der Waals surface area contributed by atoms with Gasteiger partial charge >= 0.3 is 0 Å². The molecule has 1 amide bonds. The summed E-state index contributed by atoms with van der Waals surface area (Å²) < 4.78 is 0. The number of hydrogen-bond acceptors (Lipinski definition) is 4. The first kappa shape index (κ1) is 13.0. The van der Waals surface area contributed by atoms with Gasteiger partial charge in [0.1, 0.15) is 5.01 Å². The quantitative estimate of drug-likeness (QED) is 0.858. The van der Waals surface area contributed by atoms with Crippen molar-refractivity contribution < 1.29 is 4.79 Å². The van der Waals surface area contributed by atoms with Crippen LogP contribution in [-0.4, -0.2) is 22.0 Å². The van der Waals surface area contributed by atoms with Gasteiger partial charge in [-0.2, -0.15) is 0 Å². The average molecular weight is 282 g/mol. The normalized spacial score (nSPS) is 10.3. The lowest BCUT2D eigenvalue weighted by Gasteiger charge is -1.97. The summed E-state index contributed by atoms with van der Waals surface area (Å²) in [5.74, 6) is 0.175. The van der Waals surface area contributed by atoms with Gasteiger partial charge in [-0.25, -0.2) is 0 Å². The molecule has 0 spiro atoms.